The molecule has 5 heteroatoms. The van der Waals surface area contributed by atoms with Gasteiger partial charge in [0.2, 0.25) is 5.91 Å². The number of carbonyl (C=O) groups excluding carboxylic acids is 2. The van der Waals surface area contributed by atoms with Crippen molar-refractivity contribution in [2.24, 2.45) is 0 Å². The van der Waals surface area contributed by atoms with Crippen molar-refractivity contribution in [1.29, 1.82) is 0 Å². The van der Waals surface area contributed by atoms with Crippen LogP contribution in [-0.2, 0) is 11.3 Å². The predicted molar refractivity (Wildman–Crippen MR) is 95.8 cm³/mol. The van der Waals surface area contributed by atoms with Crippen LogP contribution in [0.25, 0.3) is 0 Å². The van der Waals surface area contributed by atoms with Crippen LogP contribution >= 0.6 is 0 Å². The number of hydrogen-bond acceptors (Lipinski definition) is 3. The molecule has 0 aliphatic carbocycles. The summed E-state index contributed by atoms with van der Waals surface area (Å²) in [5.41, 5.74) is 1.48. The van der Waals surface area contributed by atoms with Crippen molar-refractivity contribution in [3.8, 4) is 0 Å². The lowest BCUT2D eigenvalue weighted by atomic mass is 9.99. The zero-order chi connectivity index (χ0) is 17.6. The molecule has 130 valence electrons. The van der Waals surface area contributed by atoms with Crippen LogP contribution in [0.5, 0.6) is 0 Å². The molecule has 5 nitrogen and oxygen atoms in total. The molecule has 2 aromatic rings. The molecule has 1 aliphatic rings. The van der Waals surface area contributed by atoms with E-state index in [0.717, 1.165) is 18.5 Å². The summed E-state index contributed by atoms with van der Waals surface area (Å²) in [5.74, 6) is -0.0838. The first kappa shape index (κ1) is 17.1. The number of pyridine rings is 1. The van der Waals surface area contributed by atoms with E-state index in [-0.39, 0.29) is 11.8 Å². The molecule has 0 bridgehead atoms. The molecule has 25 heavy (non-hydrogen) atoms. The van der Waals surface area contributed by atoms with Gasteiger partial charge in [-0.05, 0) is 43.5 Å². The highest BCUT2D eigenvalue weighted by atomic mass is 16.2. The number of aromatic nitrogens is 1. The van der Waals surface area contributed by atoms with Gasteiger partial charge in [-0.1, -0.05) is 24.3 Å². The highest BCUT2D eigenvalue weighted by molar-refractivity contribution is 5.97. The highest BCUT2D eigenvalue weighted by Gasteiger charge is 2.34. The lowest BCUT2D eigenvalue weighted by molar-refractivity contribution is -0.136. The van der Waals surface area contributed by atoms with Gasteiger partial charge in [0.05, 0.1) is 12.2 Å². The number of likely N-dealkylation sites (N-methyl/N-ethyl adjacent to an activating group) is 1. The molecule has 1 unspecified atom stereocenters. The van der Waals surface area contributed by atoms with Crippen molar-refractivity contribution < 1.29 is 9.59 Å². The zero-order valence-corrected chi connectivity index (χ0v) is 14.5. The van der Waals surface area contributed by atoms with Gasteiger partial charge < -0.3 is 9.80 Å². The van der Waals surface area contributed by atoms with Crippen molar-refractivity contribution in [3.63, 3.8) is 0 Å². The summed E-state index contributed by atoms with van der Waals surface area (Å²) in [6.45, 7) is 1.07. The van der Waals surface area contributed by atoms with E-state index in [0.29, 0.717) is 25.1 Å². The van der Waals surface area contributed by atoms with Crippen LogP contribution in [0.4, 0.5) is 0 Å². The lowest BCUT2D eigenvalue weighted by Crippen LogP contribution is -2.52. The van der Waals surface area contributed by atoms with Crippen molar-refractivity contribution >= 4 is 11.8 Å². The Morgan fingerprint density at radius 3 is 2.60 bits per heavy atom. The Bertz CT molecular complexity index is 718. The molecule has 1 atom stereocenters. The second-order valence-corrected chi connectivity index (χ2v) is 6.39. The summed E-state index contributed by atoms with van der Waals surface area (Å²) in [7, 11) is 1.77. The topological polar surface area (TPSA) is 53.5 Å². The van der Waals surface area contributed by atoms with E-state index in [2.05, 4.69) is 4.98 Å². The molecular formula is C20H23N3O2. The third kappa shape index (κ3) is 4.05. The third-order valence-corrected chi connectivity index (χ3v) is 4.57. The average Bonchev–Trinajstić information content (AvgIpc) is 2.68. The number of hydrogen-bond donors (Lipinski definition) is 0. The Labute approximate surface area is 148 Å². The maximum absolute atomic E-state index is 13.0. The molecule has 1 aliphatic heterocycles. The molecule has 1 saturated heterocycles. The molecule has 0 radical (unpaired) electrons. The summed E-state index contributed by atoms with van der Waals surface area (Å²) in [4.78, 5) is 33.5. The van der Waals surface area contributed by atoms with Crippen LogP contribution < -0.4 is 0 Å². The SMILES string of the molecule is CN(Cc1ccccn1)C(=O)C1CCCCN1C(=O)c1ccccc1. The van der Waals surface area contributed by atoms with Crippen molar-refractivity contribution in [2.45, 2.75) is 31.8 Å². The van der Waals surface area contributed by atoms with Crippen LogP contribution in [-0.4, -0.2) is 46.2 Å². The van der Waals surface area contributed by atoms with Gasteiger partial charge in [0, 0.05) is 25.4 Å². The first-order chi connectivity index (χ1) is 12.2. The smallest absolute Gasteiger partial charge is 0.254 e. The van der Waals surface area contributed by atoms with E-state index in [9.17, 15) is 9.59 Å². The number of rotatable bonds is 4. The van der Waals surface area contributed by atoms with Gasteiger partial charge in [0.1, 0.15) is 6.04 Å². The Balaban J connectivity index is 1.73. The minimum absolute atomic E-state index is 0.0189. The monoisotopic (exact) mass is 337 g/mol. The number of nitrogens with zero attached hydrogens (tertiary/aromatic N) is 3. The predicted octanol–water partition coefficient (Wildman–Crippen LogP) is 2.73. The summed E-state index contributed by atoms with van der Waals surface area (Å²) >= 11 is 0. The maximum atomic E-state index is 13.0. The van der Waals surface area contributed by atoms with Crippen LogP contribution in [0.15, 0.2) is 54.7 Å². The molecule has 1 aromatic heterocycles. The number of likely N-dealkylation sites (tertiary alicyclic amines) is 1. The van der Waals surface area contributed by atoms with Gasteiger partial charge in [-0.25, -0.2) is 0 Å². The molecule has 3 rings (SSSR count). The molecule has 2 heterocycles. The molecule has 2 amide bonds. The second kappa shape index (κ2) is 7.92. The number of benzene rings is 1. The van der Waals surface area contributed by atoms with Gasteiger partial charge in [-0.2, -0.15) is 0 Å². The van der Waals surface area contributed by atoms with Gasteiger partial charge >= 0.3 is 0 Å². The Morgan fingerprint density at radius 2 is 1.88 bits per heavy atom. The summed E-state index contributed by atoms with van der Waals surface area (Å²) in [5, 5.41) is 0. The van der Waals surface area contributed by atoms with E-state index < -0.39 is 6.04 Å². The molecule has 0 N–H and O–H groups in total. The molecule has 1 fully saturated rings. The van der Waals surface area contributed by atoms with Gasteiger partial charge in [-0.3, -0.25) is 14.6 Å². The number of piperidine rings is 1. The van der Waals surface area contributed by atoms with Crippen LogP contribution in [0.3, 0.4) is 0 Å². The first-order valence-corrected chi connectivity index (χ1v) is 8.67. The molecule has 1 aromatic carbocycles. The quantitative estimate of drug-likeness (QED) is 0.862. The van der Waals surface area contributed by atoms with E-state index in [1.165, 1.54) is 0 Å². The fraction of sp³-hybridized carbons (Fsp3) is 0.350. The van der Waals surface area contributed by atoms with E-state index in [1.807, 2.05) is 36.4 Å². The highest BCUT2D eigenvalue weighted by Crippen LogP contribution is 2.21. The average molecular weight is 337 g/mol. The fourth-order valence-electron chi connectivity index (χ4n) is 3.24. The van der Waals surface area contributed by atoms with E-state index in [1.54, 1.807) is 35.2 Å². The lowest BCUT2D eigenvalue weighted by Gasteiger charge is -2.36. The zero-order valence-electron chi connectivity index (χ0n) is 14.5. The van der Waals surface area contributed by atoms with Crippen LogP contribution in [0.2, 0.25) is 0 Å². The maximum Gasteiger partial charge on any atom is 0.254 e. The first-order valence-electron chi connectivity index (χ1n) is 8.67. The van der Waals surface area contributed by atoms with E-state index >= 15 is 0 Å². The summed E-state index contributed by atoms with van der Waals surface area (Å²) in [6, 6.07) is 14.5. The number of carbonyl (C=O) groups is 2. The minimum Gasteiger partial charge on any atom is -0.338 e. The summed E-state index contributed by atoms with van der Waals surface area (Å²) in [6.07, 6.45) is 4.34. The van der Waals surface area contributed by atoms with Crippen molar-refractivity contribution in [1.82, 2.24) is 14.8 Å². The fourth-order valence-corrected chi connectivity index (χ4v) is 3.24. The van der Waals surface area contributed by atoms with E-state index in [4.69, 9.17) is 0 Å². The Kier molecular flexibility index (Phi) is 5.43. The normalized spacial score (nSPS) is 17.2. The molecule has 0 saturated carbocycles. The second-order valence-electron chi connectivity index (χ2n) is 6.39. The Hall–Kier alpha value is -2.69. The van der Waals surface area contributed by atoms with Crippen molar-refractivity contribution in [3.05, 3.63) is 66.0 Å². The standard InChI is InChI=1S/C20H23N3O2/c1-22(15-17-11-5-7-13-21-17)20(25)18-12-6-8-14-23(18)19(24)16-9-3-2-4-10-16/h2-5,7,9-11,13,18H,6,8,12,14-15H2,1H3. The van der Waals surface area contributed by atoms with Crippen LogP contribution in [0, 0.1) is 0 Å². The Morgan fingerprint density at radius 1 is 1.12 bits per heavy atom. The minimum atomic E-state index is -0.393. The van der Waals surface area contributed by atoms with Gasteiger partial charge in [-0.15, -0.1) is 0 Å². The van der Waals surface area contributed by atoms with Gasteiger partial charge in [0.25, 0.3) is 5.91 Å². The largest absolute Gasteiger partial charge is 0.338 e. The van der Waals surface area contributed by atoms with Gasteiger partial charge in [0.15, 0.2) is 0 Å². The van der Waals surface area contributed by atoms with Crippen LogP contribution in [0.1, 0.15) is 35.3 Å². The molecular weight excluding hydrogens is 314 g/mol. The summed E-state index contributed by atoms with van der Waals surface area (Å²) < 4.78 is 0. The van der Waals surface area contributed by atoms with Crippen molar-refractivity contribution in [2.75, 3.05) is 13.6 Å². The number of amides is 2. The third-order valence-electron chi connectivity index (χ3n) is 4.57. The molecule has 0 spiro atoms.